The van der Waals surface area contributed by atoms with Crippen molar-refractivity contribution in [2.45, 2.75) is 19.9 Å². The number of halogens is 2. The molecular formula is C19H16Cl2N2O2S. The number of thiophene rings is 1. The summed E-state index contributed by atoms with van der Waals surface area (Å²) in [5.74, 6) is 0.338. The fourth-order valence-electron chi connectivity index (χ4n) is 3.11. The molecule has 0 radical (unpaired) electrons. The Morgan fingerprint density at radius 2 is 2.15 bits per heavy atom. The van der Waals surface area contributed by atoms with Crippen molar-refractivity contribution in [1.29, 1.82) is 0 Å². The molecule has 4 nitrogen and oxygen atoms in total. The van der Waals surface area contributed by atoms with Crippen LogP contribution in [-0.2, 0) is 17.8 Å². The summed E-state index contributed by atoms with van der Waals surface area (Å²) >= 11 is 14.3. The van der Waals surface area contributed by atoms with Gasteiger partial charge in [0.15, 0.2) is 12.4 Å². The van der Waals surface area contributed by atoms with E-state index in [2.05, 4.69) is 16.4 Å². The van der Waals surface area contributed by atoms with E-state index in [-0.39, 0.29) is 12.5 Å². The number of carbonyl (C=O) groups is 1. The monoisotopic (exact) mass is 406 g/mol. The zero-order valence-corrected chi connectivity index (χ0v) is 16.4. The molecule has 0 aliphatic carbocycles. The highest BCUT2D eigenvalue weighted by Gasteiger charge is 2.22. The number of ether oxygens (including phenoxy) is 1. The van der Waals surface area contributed by atoms with Crippen LogP contribution < -0.4 is 4.74 Å². The minimum absolute atomic E-state index is 0.0614. The molecule has 1 aliphatic rings. The van der Waals surface area contributed by atoms with Crippen molar-refractivity contribution in [1.82, 2.24) is 9.88 Å². The Morgan fingerprint density at radius 3 is 3.00 bits per heavy atom. The third-order valence-corrected chi connectivity index (χ3v) is 6.09. The van der Waals surface area contributed by atoms with Crippen molar-refractivity contribution < 1.29 is 9.53 Å². The average Bonchev–Trinajstić information content (AvgIpc) is 3.08. The zero-order valence-electron chi connectivity index (χ0n) is 14.1. The van der Waals surface area contributed by atoms with Crippen molar-refractivity contribution in [3.63, 3.8) is 0 Å². The van der Waals surface area contributed by atoms with E-state index in [9.17, 15) is 4.79 Å². The molecular weight excluding hydrogens is 391 g/mol. The van der Waals surface area contributed by atoms with Crippen molar-refractivity contribution in [2.75, 3.05) is 13.2 Å². The van der Waals surface area contributed by atoms with Gasteiger partial charge in [0.05, 0.1) is 10.0 Å². The molecule has 0 saturated carbocycles. The van der Waals surface area contributed by atoms with Gasteiger partial charge in [-0.15, -0.1) is 11.3 Å². The number of hydrogen-bond acceptors (Lipinski definition) is 4. The number of hydrogen-bond donors (Lipinski definition) is 0. The second kappa shape index (κ2) is 7.06. The molecule has 7 heteroatoms. The van der Waals surface area contributed by atoms with E-state index in [1.54, 1.807) is 17.4 Å². The van der Waals surface area contributed by atoms with Crippen LogP contribution in [-0.4, -0.2) is 28.9 Å². The van der Waals surface area contributed by atoms with Gasteiger partial charge < -0.3 is 9.64 Å². The first-order valence-corrected chi connectivity index (χ1v) is 9.87. The van der Waals surface area contributed by atoms with E-state index < -0.39 is 0 Å². The Bertz CT molecular complexity index is 1000. The van der Waals surface area contributed by atoms with E-state index in [1.807, 2.05) is 24.0 Å². The van der Waals surface area contributed by atoms with Gasteiger partial charge in [0.25, 0.3) is 5.91 Å². The van der Waals surface area contributed by atoms with Crippen molar-refractivity contribution in [2.24, 2.45) is 0 Å². The lowest BCUT2D eigenvalue weighted by Gasteiger charge is -2.27. The quantitative estimate of drug-likeness (QED) is 0.622. The highest BCUT2D eigenvalue weighted by molar-refractivity contribution is 7.10. The van der Waals surface area contributed by atoms with E-state index in [4.69, 9.17) is 27.9 Å². The molecule has 134 valence electrons. The first-order chi connectivity index (χ1) is 12.5. The number of fused-ring (bicyclic) bond motifs is 2. The zero-order chi connectivity index (χ0) is 18.3. The number of rotatable bonds is 3. The van der Waals surface area contributed by atoms with Crippen LogP contribution in [0.3, 0.4) is 0 Å². The van der Waals surface area contributed by atoms with Crippen molar-refractivity contribution in [3.8, 4) is 5.75 Å². The largest absolute Gasteiger partial charge is 0.480 e. The summed E-state index contributed by atoms with van der Waals surface area (Å²) in [5.41, 5.74) is 2.63. The van der Waals surface area contributed by atoms with Crippen molar-refractivity contribution >= 4 is 51.3 Å². The third kappa shape index (κ3) is 3.27. The molecule has 0 saturated heterocycles. The van der Waals surface area contributed by atoms with Crippen LogP contribution in [0.5, 0.6) is 5.75 Å². The maximum atomic E-state index is 12.6. The third-order valence-electron chi connectivity index (χ3n) is 4.48. The fourth-order valence-corrected chi connectivity index (χ4v) is 4.57. The number of aryl methyl sites for hydroxylation is 1. The minimum atomic E-state index is -0.0778. The fraction of sp³-hybridized carbons (Fsp3) is 0.263. The SMILES string of the molecule is Cc1ccc2c(Cl)cc(Cl)c(OCC(=O)N3CCc4sccc4C3)c2n1. The van der Waals surface area contributed by atoms with E-state index in [0.717, 1.165) is 17.5 Å². The predicted molar refractivity (Wildman–Crippen MR) is 105 cm³/mol. The second-order valence-electron chi connectivity index (χ2n) is 6.24. The standard InChI is InChI=1S/C19H16Cl2N2O2S/c1-11-2-3-13-14(20)8-15(21)19(18(13)22-11)25-10-17(24)23-6-4-16-12(9-23)5-7-26-16/h2-3,5,7-8H,4,6,9-10H2,1H3. The van der Waals surface area contributed by atoms with Gasteiger partial charge in [-0.05, 0) is 48.6 Å². The number of aromatic nitrogens is 1. The van der Waals surface area contributed by atoms with Gasteiger partial charge in [0.2, 0.25) is 0 Å². The molecule has 0 bridgehead atoms. The molecule has 0 fully saturated rings. The van der Waals surface area contributed by atoms with Crippen molar-refractivity contribution in [3.05, 3.63) is 55.8 Å². The summed E-state index contributed by atoms with van der Waals surface area (Å²) in [6.45, 7) is 3.15. The number of carbonyl (C=O) groups excluding carboxylic acids is 1. The van der Waals surface area contributed by atoms with Crippen LogP contribution >= 0.6 is 34.5 Å². The Morgan fingerprint density at radius 1 is 1.31 bits per heavy atom. The van der Waals surface area contributed by atoms with Gasteiger partial charge in [-0.2, -0.15) is 0 Å². The Kier molecular flexibility index (Phi) is 4.78. The highest BCUT2D eigenvalue weighted by Crippen LogP contribution is 2.37. The Hall–Kier alpha value is -1.82. The first-order valence-electron chi connectivity index (χ1n) is 8.24. The summed E-state index contributed by atoms with van der Waals surface area (Å²) in [4.78, 5) is 20.3. The van der Waals surface area contributed by atoms with Gasteiger partial charge in [0.1, 0.15) is 5.52 Å². The molecule has 2 aromatic heterocycles. The summed E-state index contributed by atoms with van der Waals surface area (Å²) in [7, 11) is 0. The van der Waals surface area contributed by atoms with Crippen LogP contribution in [0, 0.1) is 6.92 Å². The Balaban J connectivity index is 1.55. The lowest BCUT2D eigenvalue weighted by molar-refractivity contribution is -0.134. The molecule has 0 atom stereocenters. The number of pyridine rings is 1. The number of amides is 1. The number of benzene rings is 1. The maximum Gasteiger partial charge on any atom is 0.260 e. The predicted octanol–water partition coefficient (Wildman–Crippen LogP) is 4.88. The van der Waals surface area contributed by atoms with Crippen LogP contribution in [0.1, 0.15) is 16.1 Å². The van der Waals surface area contributed by atoms with Gasteiger partial charge in [-0.1, -0.05) is 23.2 Å². The molecule has 4 rings (SSSR count). The normalized spacial score (nSPS) is 13.7. The molecule has 0 unspecified atom stereocenters. The molecule has 0 N–H and O–H groups in total. The second-order valence-corrected chi connectivity index (χ2v) is 8.06. The van der Waals surface area contributed by atoms with Gasteiger partial charge in [-0.3, -0.25) is 4.79 Å². The van der Waals surface area contributed by atoms with Crippen LogP contribution in [0.2, 0.25) is 10.0 Å². The van der Waals surface area contributed by atoms with E-state index in [0.29, 0.717) is 34.4 Å². The van der Waals surface area contributed by atoms with Gasteiger partial charge in [-0.25, -0.2) is 4.98 Å². The Labute approximate surface area is 165 Å². The van der Waals surface area contributed by atoms with Gasteiger partial charge >= 0.3 is 0 Å². The average molecular weight is 407 g/mol. The summed E-state index contributed by atoms with van der Waals surface area (Å²) in [6, 6.07) is 7.47. The maximum absolute atomic E-state index is 12.6. The lowest BCUT2D eigenvalue weighted by atomic mass is 10.1. The molecule has 0 spiro atoms. The molecule has 3 heterocycles. The van der Waals surface area contributed by atoms with Crippen LogP contribution in [0.25, 0.3) is 10.9 Å². The smallest absolute Gasteiger partial charge is 0.260 e. The molecule has 1 aromatic carbocycles. The summed E-state index contributed by atoms with van der Waals surface area (Å²) in [5, 5.41) is 3.69. The van der Waals surface area contributed by atoms with Gasteiger partial charge in [0, 0.05) is 29.0 Å². The highest BCUT2D eigenvalue weighted by atomic mass is 35.5. The first kappa shape index (κ1) is 17.6. The van der Waals surface area contributed by atoms with Crippen LogP contribution in [0.4, 0.5) is 0 Å². The minimum Gasteiger partial charge on any atom is -0.480 e. The molecule has 1 amide bonds. The van der Waals surface area contributed by atoms with Crippen LogP contribution in [0.15, 0.2) is 29.6 Å². The van der Waals surface area contributed by atoms with E-state index in [1.165, 1.54) is 10.4 Å². The summed E-state index contributed by atoms with van der Waals surface area (Å²) < 4.78 is 5.80. The molecule has 3 aromatic rings. The number of nitrogens with zero attached hydrogens (tertiary/aromatic N) is 2. The topological polar surface area (TPSA) is 42.4 Å². The van der Waals surface area contributed by atoms with E-state index >= 15 is 0 Å². The lowest BCUT2D eigenvalue weighted by Crippen LogP contribution is -2.38. The molecule has 26 heavy (non-hydrogen) atoms. The molecule has 1 aliphatic heterocycles. The summed E-state index contributed by atoms with van der Waals surface area (Å²) in [6.07, 6.45) is 0.893.